The van der Waals surface area contributed by atoms with Gasteiger partial charge in [-0.1, -0.05) is 13.0 Å². The molecule has 1 aliphatic carbocycles. The van der Waals surface area contributed by atoms with E-state index in [1.165, 1.54) is 11.1 Å². The summed E-state index contributed by atoms with van der Waals surface area (Å²) < 4.78 is 5.29. The Morgan fingerprint density at radius 3 is 2.84 bits per heavy atom. The molecule has 106 valence electrons. The van der Waals surface area contributed by atoms with Crippen molar-refractivity contribution in [3.63, 3.8) is 0 Å². The van der Waals surface area contributed by atoms with E-state index in [-0.39, 0.29) is 6.04 Å². The minimum absolute atomic E-state index is 0.105. The second-order valence-electron chi connectivity index (χ2n) is 5.62. The van der Waals surface area contributed by atoms with Gasteiger partial charge in [-0.15, -0.1) is 0 Å². The largest absolute Gasteiger partial charge is 0.497 e. The molecule has 0 heterocycles. The molecule has 0 spiro atoms. The van der Waals surface area contributed by atoms with Gasteiger partial charge in [-0.05, 0) is 56.5 Å². The van der Waals surface area contributed by atoms with E-state index in [4.69, 9.17) is 10.5 Å². The molecule has 0 aliphatic heterocycles. The van der Waals surface area contributed by atoms with Crippen LogP contribution >= 0.6 is 0 Å². The molecule has 2 rings (SSSR count). The van der Waals surface area contributed by atoms with Crippen LogP contribution in [0.5, 0.6) is 5.75 Å². The van der Waals surface area contributed by atoms with Crippen molar-refractivity contribution in [3.8, 4) is 5.75 Å². The molecule has 0 fully saturated rings. The number of fused-ring (bicyclic) bond motifs is 1. The lowest BCUT2D eigenvalue weighted by Crippen LogP contribution is -2.47. The molecule has 3 unspecified atom stereocenters. The van der Waals surface area contributed by atoms with E-state index in [1.54, 1.807) is 7.11 Å². The third-order valence-corrected chi connectivity index (χ3v) is 4.64. The van der Waals surface area contributed by atoms with Gasteiger partial charge in [0.05, 0.1) is 7.11 Å². The van der Waals surface area contributed by atoms with Crippen LogP contribution in [0.2, 0.25) is 0 Å². The topological polar surface area (TPSA) is 38.5 Å². The van der Waals surface area contributed by atoms with Crippen LogP contribution in [-0.4, -0.2) is 31.1 Å². The van der Waals surface area contributed by atoms with Crippen molar-refractivity contribution in [2.45, 2.75) is 51.2 Å². The minimum Gasteiger partial charge on any atom is -0.497 e. The maximum absolute atomic E-state index is 6.49. The van der Waals surface area contributed by atoms with Crippen molar-refractivity contribution in [1.82, 2.24) is 4.90 Å². The monoisotopic (exact) mass is 262 g/mol. The number of rotatable bonds is 4. The van der Waals surface area contributed by atoms with Crippen LogP contribution < -0.4 is 10.5 Å². The van der Waals surface area contributed by atoms with Crippen molar-refractivity contribution in [2.75, 3.05) is 14.2 Å². The second kappa shape index (κ2) is 5.93. The lowest BCUT2D eigenvalue weighted by Gasteiger charge is -2.40. The molecule has 0 aromatic heterocycles. The normalized spacial score (nSPS) is 24.1. The molecule has 1 aromatic carbocycles. The van der Waals surface area contributed by atoms with Crippen LogP contribution in [0.3, 0.4) is 0 Å². The maximum Gasteiger partial charge on any atom is 0.119 e. The summed E-state index contributed by atoms with van der Waals surface area (Å²) in [5, 5.41) is 0. The molecule has 0 bridgehead atoms. The highest BCUT2D eigenvalue weighted by molar-refractivity contribution is 5.40. The number of nitrogens with two attached hydrogens (primary N) is 1. The highest BCUT2D eigenvalue weighted by Crippen LogP contribution is 2.33. The number of hydrogen-bond acceptors (Lipinski definition) is 3. The quantitative estimate of drug-likeness (QED) is 0.906. The summed E-state index contributed by atoms with van der Waals surface area (Å²) in [4.78, 5) is 2.44. The van der Waals surface area contributed by atoms with E-state index < -0.39 is 0 Å². The second-order valence-corrected chi connectivity index (χ2v) is 5.62. The van der Waals surface area contributed by atoms with Crippen LogP contribution in [0.25, 0.3) is 0 Å². The molecule has 0 radical (unpaired) electrons. The number of nitrogens with zero attached hydrogens (tertiary/aromatic N) is 1. The van der Waals surface area contributed by atoms with Gasteiger partial charge in [0.15, 0.2) is 0 Å². The highest BCUT2D eigenvalue weighted by atomic mass is 16.5. The van der Waals surface area contributed by atoms with Gasteiger partial charge in [-0.2, -0.15) is 0 Å². The van der Waals surface area contributed by atoms with Crippen molar-refractivity contribution < 1.29 is 4.74 Å². The maximum atomic E-state index is 6.49. The lowest BCUT2D eigenvalue weighted by atomic mass is 9.83. The summed E-state index contributed by atoms with van der Waals surface area (Å²) in [7, 11) is 3.91. The SMILES string of the molecule is CCC(C)N(C)C1CCc2cc(OC)ccc2C1N. The highest BCUT2D eigenvalue weighted by Gasteiger charge is 2.31. The average molecular weight is 262 g/mol. The number of hydrogen-bond donors (Lipinski definition) is 1. The van der Waals surface area contributed by atoms with E-state index in [1.807, 2.05) is 6.07 Å². The number of aryl methyl sites for hydroxylation is 1. The molecule has 3 nitrogen and oxygen atoms in total. The molecule has 1 aliphatic rings. The summed E-state index contributed by atoms with van der Waals surface area (Å²) in [6.07, 6.45) is 3.38. The zero-order valence-electron chi connectivity index (χ0n) is 12.5. The summed E-state index contributed by atoms with van der Waals surface area (Å²) >= 11 is 0. The van der Waals surface area contributed by atoms with Gasteiger partial charge in [-0.3, -0.25) is 4.90 Å². The smallest absolute Gasteiger partial charge is 0.119 e. The molecule has 0 saturated carbocycles. The Hall–Kier alpha value is -1.06. The van der Waals surface area contributed by atoms with Crippen molar-refractivity contribution in [1.29, 1.82) is 0 Å². The minimum atomic E-state index is 0.105. The predicted octanol–water partition coefficient (Wildman–Crippen LogP) is 2.74. The van der Waals surface area contributed by atoms with Gasteiger partial charge >= 0.3 is 0 Å². The summed E-state index contributed by atoms with van der Waals surface area (Å²) in [6, 6.07) is 7.41. The molecule has 0 amide bonds. The van der Waals surface area contributed by atoms with E-state index in [9.17, 15) is 0 Å². The third-order valence-electron chi connectivity index (χ3n) is 4.64. The molecule has 19 heavy (non-hydrogen) atoms. The standard InChI is InChI=1S/C16H26N2O/c1-5-11(2)18(3)15-9-6-12-10-13(19-4)7-8-14(12)16(15)17/h7-8,10-11,15-16H,5-6,9,17H2,1-4H3. The van der Waals surface area contributed by atoms with Gasteiger partial charge in [0.1, 0.15) is 5.75 Å². The Morgan fingerprint density at radius 1 is 1.47 bits per heavy atom. The van der Waals surface area contributed by atoms with E-state index in [0.717, 1.165) is 25.0 Å². The van der Waals surface area contributed by atoms with E-state index in [0.29, 0.717) is 12.1 Å². The van der Waals surface area contributed by atoms with E-state index in [2.05, 4.69) is 37.9 Å². The first-order valence-electron chi connectivity index (χ1n) is 7.22. The fourth-order valence-corrected chi connectivity index (χ4v) is 3.01. The summed E-state index contributed by atoms with van der Waals surface area (Å²) in [6.45, 7) is 4.50. The lowest BCUT2D eigenvalue weighted by molar-refractivity contribution is 0.142. The number of likely N-dealkylation sites (N-methyl/N-ethyl adjacent to an activating group) is 1. The molecule has 0 saturated heterocycles. The zero-order valence-corrected chi connectivity index (χ0v) is 12.5. The fraction of sp³-hybridized carbons (Fsp3) is 0.625. The molecule has 1 aromatic rings. The van der Waals surface area contributed by atoms with Crippen molar-refractivity contribution >= 4 is 0 Å². The zero-order chi connectivity index (χ0) is 14.0. The number of methoxy groups -OCH3 is 1. The Balaban J connectivity index is 2.22. The number of benzene rings is 1. The Kier molecular flexibility index (Phi) is 4.48. The first kappa shape index (κ1) is 14.4. The summed E-state index contributed by atoms with van der Waals surface area (Å²) in [5.74, 6) is 0.930. The van der Waals surface area contributed by atoms with Crippen LogP contribution in [0, 0.1) is 0 Å². The van der Waals surface area contributed by atoms with Gasteiger partial charge < -0.3 is 10.5 Å². The van der Waals surface area contributed by atoms with Gasteiger partial charge in [0.2, 0.25) is 0 Å². The van der Waals surface area contributed by atoms with Crippen molar-refractivity contribution in [2.24, 2.45) is 5.73 Å². The summed E-state index contributed by atoms with van der Waals surface area (Å²) in [5.41, 5.74) is 9.13. The Labute approximate surface area is 116 Å². The van der Waals surface area contributed by atoms with Crippen LogP contribution in [0.15, 0.2) is 18.2 Å². The predicted molar refractivity (Wildman–Crippen MR) is 79.5 cm³/mol. The Bertz CT molecular complexity index is 433. The molecular formula is C16H26N2O. The van der Waals surface area contributed by atoms with Gasteiger partial charge in [0.25, 0.3) is 0 Å². The first-order chi connectivity index (χ1) is 9.08. The first-order valence-corrected chi connectivity index (χ1v) is 7.22. The fourth-order valence-electron chi connectivity index (χ4n) is 3.01. The van der Waals surface area contributed by atoms with Crippen molar-refractivity contribution in [3.05, 3.63) is 29.3 Å². The van der Waals surface area contributed by atoms with Crippen LogP contribution in [-0.2, 0) is 6.42 Å². The number of ether oxygens (including phenoxy) is 1. The average Bonchev–Trinajstić information content (AvgIpc) is 2.45. The van der Waals surface area contributed by atoms with Crippen LogP contribution in [0.1, 0.15) is 43.9 Å². The van der Waals surface area contributed by atoms with E-state index >= 15 is 0 Å². The van der Waals surface area contributed by atoms with Gasteiger partial charge in [-0.25, -0.2) is 0 Å². The van der Waals surface area contributed by atoms with Crippen LogP contribution in [0.4, 0.5) is 0 Å². The molecule has 2 N–H and O–H groups in total. The molecule has 3 heteroatoms. The Morgan fingerprint density at radius 2 is 2.21 bits per heavy atom. The molecule has 3 atom stereocenters. The van der Waals surface area contributed by atoms with Gasteiger partial charge in [0, 0.05) is 18.1 Å². The molecular weight excluding hydrogens is 236 g/mol. The third kappa shape index (κ3) is 2.77.